The molecule has 0 aliphatic rings. The van der Waals surface area contributed by atoms with E-state index < -0.39 is 15.8 Å². The third-order valence-corrected chi connectivity index (χ3v) is 5.28. The molecule has 28 heavy (non-hydrogen) atoms. The van der Waals surface area contributed by atoms with E-state index in [2.05, 4.69) is 25.0 Å². The molecule has 2 N–H and O–H groups in total. The summed E-state index contributed by atoms with van der Waals surface area (Å²) in [6.07, 6.45) is 3.50. The van der Waals surface area contributed by atoms with Gasteiger partial charge < -0.3 is 5.32 Å². The monoisotopic (exact) mass is 404 g/mol. The van der Waals surface area contributed by atoms with E-state index in [0.717, 1.165) is 5.82 Å². The molecule has 0 saturated carbocycles. The molecule has 2 heterocycles. The van der Waals surface area contributed by atoms with Gasteiger partial charge in [-0.1, -0.05) is 12.1 Å². The van der Waals surface area contributed by atoms with Gasteiger partial charge in [0.2, 0.25) is 10.0 Å². The van der Waals surface area contributed by atoms with Crippen molar-refractivity contribution in [1.29, 1.82) is 0 Å². The van der Waals surface area contributed by atoms with Crippen molar-refractivity contribution in [1.82, 2.24) is 24.2 Å². The molecule has 10 heteroatoms. The normalized spacial score (nSPS) is 11.5. The molecule has 0 atom stereocenters. The molecule has 0 fully saturated rings. The van der Waals surface area contributed by atoms with E-state index in [0.29, 0.717) is 29.6 Å². The fraction of sp³-hybridized carbons (Fsp3) is 0.278. The van der Waals surface area contributed by atoms with Crippen molar-refractivity contribution in [2.45, 2.75) is 19.6 Å². The van der Waals surface area contributed by atoms with Crippen LogP contribution in [0.1, 0.15) is 17.2 Å². The van der Waals surface area contributed by atoms with Crippen molar-refractivity contribution in [3.8, 4) is 5.82 Å². The van der Waals surface area contributed by atoms with Gasteiger partial charge in [0, 0.05) is 31.5 Å². The maximum absolute atomic E-state index is 12.9. The van der Waals surface area contributed by atoms with Gasteiger partial charge in [-0.2, -0.15) is 0 Å². The number of imidazole rings is 1. The van der Waals surface area contributed by atoms with Crippen LogP contribution in [0.3, 0.4) is 0 Å². The van der Waals surface area contributed by atoms with Crippen molar-refractivity contribution in [3.05, 3.63) is 65.8 Å². The Morgan fingerprint density at radius 1 is 1.11 bits per heavy atom. The molecule has 1 aromatic carbocycles. The zero-order valence-corrected chi connectivity index (χ0v) is 16.4. The first kappa shape index (κ1) is 19.9. The number of aryl methyl sites for hydroxylation is 2. The highest BCUT2D eigenvalue weighted by atomic mass is 32.2. The second-order valence-corrected chi connectivity index (χ2v) is 8.02. The molecule has 0 bridgehead atoms. The van der Waals surface area contributed by atoms with Crippen LogP contribution in [0.2, 0.25) is 0 Å². The van der Waals surface area contributed by atoms with Crippen LogP contribution in [0.4, 0.5) is 10.2 Å². The summed E-state index contributed by atoms with van der Waals surface area (Å²) < 4.78 is 41.5. The summed E-state index contributed by atoms with van der Waals surface area (Å²) in [5.74, 6) is 2.06. The Hall–Kier alpha value is -2.85. The van der Waals surface area contributed by atoms with Gasteiger partial charge in [0.05, 0.1) is 5.75 Å². The van der Waals surface area contributed by atoms with Gasteiger partial charge in [-0.3, -0.25) is 4.57 Å². The summed E-state index contributed by atoms with van der Waals surface area (Å²) in [5.41, 5.74) is 0.522. The van der Waals surface area contributed by atoms with Crippen molar-refractivity contribution < 1.29 is 12.8 Å². The van der Waals surface area contributed by atoms with Crippen LogP contribution in [-0.4, -0.2) is 41.0 Å². The van der Waals surface area contributed by atoms with Gasteiger partial charge in [-0.15, -0.1) is 0 Å². The van der Waals surface area contributed by atoms with Crippen molar-refractivity contribution in [2.24, 2.45) is 0 Å². The van der Waals surface area contributed by atoms with Gasteiger partial charge in [0.25, 0.3) is 0 Å². The summed E-state index contributed by atoms with van der Waals surface area (Å²) in [6, 6.07) is 7.16. The molecule has 0 amide bonds. The van der Waals surface area contributed by atoms with Gasteiger partial charge in [-0.25, -0.2) is 32.5 Å². The van der Waals surface area contributed by atoms with Crippen molar-refractivity contribution >= 4 is 15.8 Å². The number of sulfonamides is 1. The van der Waals surface area contributed by atoms with E-state index in [1.165, 1.54) is 24.3 Å². The second-order valence-electron chi connectivity index (χ2n) is 6.21. The number of benzene rings is 1. The predicted octanol–water partition coefficient (Wildman–Crippen LogP) is 1.95. The number of hydrogen-bond donors (Lipinski definition) is 2. The molecule has 0 aliphatic heterocycles. The molecule has 0 spiro atoms. The van der Waals surface area contributed by atoms with Crippen LogP contribution in [-0.2, 0) is 15.8 Å². The highest BCUT2D eigenvalue weighted by Crippen LogP contribution is 2.12. The smallest absolute Gasteiger partial charge is 0.215 e. The average Bonchev–Trinajstić information content (AvgIpc) is 3.06. The number of nitrogens with zero attached hydrogens (tertiary/aromatic N) is 4. The zero-order valence-electron chi connectivity index (χ0n) is 15.6. The average molecular weight is 404 g/mol. The zero-order chi connectivity index (χ0) is 20.1. The summed E-state index contributed by atoms with van der Waals surface area (Å²) >= 11 is 0. The minimum atomic E-state index is -3.52. The number of hydrogen-bond acceptors (Lipinski definition) is 6. The summed E-state index contributed by atoms with van der Waals surface area (Å²) in [7, 11) is -3.52. The van der Waals surface area contributed by atoms with Crippen LogP contribution >= 0.6 is 0 Å². The van der Waals surface area contributed by atoms with E-state index >= 15 is 0 Å². The van der Waals surface area contributed by atoms with Crippen LogP contribution < -0.4 is 10.0 Å². The third kappa shape index (κ3) is 5.33. The number of nitrogens with one attached hydrogen (secondary N) is 2. The molecule has 0 unspecified atom stereocenters. The quantitative estimate of drug-likeness (QED) is 0.557. The lowest BCUT2D eigenvalue weighted by atomic mass is 10.2. The van der Waals surface area contributed by atoms with Gasteiger partial charge in [-0.05, 0) is 31.5 Å². The molecule has 0 radical (unpaired) electrons. The Bertz CT molecular complexity index is 1050. The van der Waals surface area contributed by atoms with E-state index in [1.54, 1.807) is 19.2 Å². The first-order valence-electron chi connectivity index (χ1n) is 8.64. The molecular weight excluding hydrogens is 383 g/mol. The van der Waals surface area contributed by atoms with Gasteiger partial charge >= 0.3 is 0 Å². The second kappa shape index (κ2) is 8.44. The first-order valence-corrected chi connectivity index (χ1v) is 10.3. The number of aromatic nitrogens is 4. The van der Waals surface area contributed by atoms with Gasteiger partial charge in [0.15, 0.2) is 0 Å². The lowest BCUT2D eigenvalue weighted by molar-refractivity contribution is 0.581. The minimum Gasteiger partial charge on any atom is -0.369 e. The largest absolute Gasteiger partial charge is 0.369 e. The fourth-order valence-electron chi connectivity index (χ4n) is 2.63. The molecule has 0 saturated heterocycles. The Kier molecular flexibility index (Phi) is 6.00. The standard InChI is InChI=1S/C18H21FN6O2S/c1-13-23-17(11-18(24-13)25-10-9-20-14(25)2)21-7-8-22-28(26,27)12-15-3-5-16(19)6-4-15/h3-6,9-11,22H,7-8,12H2,1-2H3,(H,21,23,24). The summed E-state index contributed by atoms with van der Waals surface area (Å²) in [4.78, 5) is 12.9. The predicted molar refractivity (Wildman–Crippen MR) is 104 cm³/mol. The Morgan fingerprint density at radius 2 is 1.86 bits per heavy atom. The molecule has 148 valence electrons. The maximum Gasteiger partial charge on any atom is 0.215 e. The fourth-order valence-corrected chi connectivity index (χ4v) is 3.78. The van der Waals surface area contributed by atoms with Crippen LogP contribution in [0.5, 0.6) is 0 Å². The molecule has 3 rings (SSSR count). The third-order valence-electron chi connectivity index (χ3n) is 3.92. The van der Waals surface area contributed by atoms with Crippen LogP contribution in [0, 0.1) is 19.7 Å². The molecular formula is C18H21FN6O2S. The van der Waals surface area contributed by atoms with E-state index in [4.69, 9.17) is 0 Å². The SMILES string of the molecule is Cc1nc(NCCNS(=O)(=O)Cc2ccc(F)cc2)cc(-n2ccnc2C)n1. The maximum atomic E-state index is 12.9. The van der Waals surface area contributed by atoms with Crippen molar-refractivity contribution in [3.63, 3.8) is 0 Å². The Balaban J connectivity index is 1.55. The summed E-state index contributed by atoms with van der Waals surface area (Å²) in [6.45, 7) is 4.19. The van der Waals surface area contributed by atoms with Gasteiger partial charge in [0.1, 0.15) is 29.1 Å². The number of anilines is 1. The van der Waals surface area contributed by atoms with Crippen LogP contribution in [0.15, 0.2) is 42.7 Å². The highest BCUT2D eigenvalue weighted by Gasteiger charge is 2.11. The highest BCUT2D eigenvalue weighted by molar-refractivity contribution is 7.88. The lowest BCUT2D eigenvalue weighted by Gasteiger charge is -2.11. The van der Waals surface area contributed by atoms with E-state index in [1.807, 2.05) is 17.7 Å². The summed E-state index contributed by atoms with van der Waals surface area (Å²) in [5, 5.41) is 3.09. The minimum absolute atomic E-state index is 0.187. The lowest BCUT2D eigenvalue weighted by Crippen LogP contribution is -2.30. The topological polar surface area (TPSA) is 102 Å². The molecule has 2 aromatic heterocycles. The number of rotatable bonds is 8. The Labute approximate surface area is 162 Å². The first-order chi connectivity index (χ1) is 13.3. The van der Waals surface area contributed by atoms with Crippen LogP contribution in [0.25, 0.3) is 5.82 Å². The van der Waals surface area contributed by atoms with E-state index in [-0.39, 0.29) is 12.3 Å². The molecule has 3 aromatic rings. The Morgan fingerprint density at radius 3 is 2.54 bits per heavy atom. The van der Waals surface area contributed by atoms with E-state index in [9.17, 15) is 12.8 Å². The van der Waals surface area contributed by atoms with Crippen molar-refractivity contribution in [2.75, 3.05) is 18.4 Å². The molecule has 8 nitrogen and oxygen atoms in total. The molecule has 0 aliphatic carbocycles. The number of halogens is 1.